The predicted octanol–water partition coefficient (Wildman–Crippen LogP) is 3.43. The fourth-order valence-corrected chi connectivity index (χ4v) is 7.64. The fraction of sp³-hybridized carbons (Fsp3) is 0.462. The number of nitrogens with one attached hydrogen (secondary N) is 1. The predicted molar refractivity (Wildman–Crippen MR) is 128 cm³/mol. The minimum Gasteiger partial charge on any atom is -0.343 e. The van der Waals surface area contributed by atoms with E-state index >= 15 is 8.78 Å². The van der Waals surface area contributed by atoms with Crippen LogP contribution in [0.1, 0.15) is 48.6 Å². The molecule has 1 amide bonds. The summed E-state index contributed by atoms with van der Waals surface area (Å²) in [6.07, 6.45) is 0.228. The molecule has 0 bridgehead atoms. The first-order valence-electron chi connectivity index (χ1n) is 11.8. The molecule has 0 saturated carbocycles. The molecule has 0 aliphatic carbocycles. The smallest absolute Gasteiger partial charge is 0.219 e. The van der Waals surface area contributed by atoms with Crippen molar-refractivity contribution in [3.8, 4) is 6.07 Å². The lowest BCUT2D eigenvalue weighted by molar-refractivity contribution is -0.130. The van der Waals surface area contributed by atoms with E-state index in [-0.39, 0.29) is 55.9 Å². The number of carbonyl (C=O) groups is 1. The maximum atomic E-state index is 15.3. The molecule has 9 heteroatoms. The van der Waals surface area contributed by atoms with Crippen LogP contribution in [-0.2, 0) is 26.5 Å². The number of nitrogens with zero attached hydrogens (tertiary/aromatic N) is 2. The number of piperidine rings is 1. The van der Waals surface area contributed by atoms with Gasteiger partial charge in [0.25, 0.3) is 0 Å². The van der Waals surface area contributed by atoms with E-state index in [1.807, 2.05) is 6.07 Å². The molecule has 186 valence electrons. The van der Waals surface area contributed by atoms with Crippen LogP contribution in [-0.4, -0.2) is 50.2 Å². The molecule has 1 unspecified atom stereocenters. The van der Waals surface area contributed by atoms with Crippen molar-refractivity contribution in [3.05, 3.63) is 70.8 Å². The number of halogens is 2. The van der Waals surface area contributed by atoms with E-state index in [4.69, 9.17) is 0 Å². The summed E-state index contributed by atoms with van der Waals surface area (Å²) in [7, 11) is -3.70. The summed E-state index contributed by atoms with van der Waals surface area (Å²) >= 11 is 0. The number of benzene rings is 2. The third-order valence-electron chi connectivity index (χ3n) is 7.52. The summed E-state index contributed by atoms with van der Waals surface area (Å²) in [4.78, 5) is 13.2. The highest BCUT2D eigenvalue weighted by atomic mass is 32.2. The second-order valence-electron chi connectivity index (χ2n) is 9.55. The van der Waals surface area contributed by atoms with Crippen LogP contribution in [0.3, 0.4) is 0 Å². The summed E-state index contributed by atoms with van der Waals surface area (Å²) in [6.45, 7) is 4.00. The zero-order chi connectivity index (χ0) is 25.4. The van der Waals surface area contributed by atoms with Crippen molar-refractivity contribution in [2.24, 2.45) is 0 Å². The lowest BCUT2D eigenvalue weighted by atomic mass is 9.73. The Morgan fingerprint density at radius 3 is 2.43 bits per heavy atom. The lowest BCUT2D eigenvalue weighted by Crippen LogP contribution is -2.53. The van der Waals surface area contributed by atoms with Gasteiger partial charge >= 0.3 is 0 Å². The van der Waals surface area contributed by atoms with Gasteiger partial charge in [-0.2, -0.15) is 5.26 Å². The highest BCUT2D eigenvalue weighted by Crippen LogP contribution is 2.38. The van der Waals surface area contributed by atoms with Crippen molar-refractivity contribution >= 4 is 15.7 Å². The van der Waals surface area contributed by atoms with Crippen LogP contribution in [0.4, 0.5) is 8.78 Å². The Bertz CT molecular complexity index is 1250. The van der Waals surface area contributed by atoms with Gasteiger partial charge in [0.1, 0.15) is 11.6 Å². The van der Waals surface area contributed by atoms with Gasteiger partial charge in [0.05, 0.1) is 22.0 Å². The molecular weight excluding hydrogens is 472 g/mol. The van der Waals surface area contributed by atoms with Gasteiger partial charge in [-0.3, -0.25) is 4.79 Å². The quantitative estimate of drug-likeness (QED) is 0.693. The van der Waals surface area contributed by atoms with Crippen LogP contribution >= 0.6 is 0 Å². The molecule has 35 heavy (non-hydrogen) atoms. The van der Waals surface area contributed by atoms with E-state index in [1.165, 1.54) is 6.92 Å². The maximum absolute atomic E-state index is 15.3. The number of nitriles is 1. The lowest BCUT2D eigenvalue weighted by Gasteiger charge is -2.37. The molecule has 2 saturated heterocycles. The second-order valence-corrected chi connectivity index (χ2v) is 11.9. The minimum absolute atomic E-state index is 0.0311. The molecule has 1 N–H and O–H groups in total. The van der Waals surface area contributed by atoms with Crippen LogP contribution in [0, 0.1) is 23.0 Å². The normalized spacial score (nSPS) is 25.6. The van der Waals surface area contributed by atoms with Crippen molar-refractivity contribution < 1.29 is 22.0 Å². The molecule has 4 rings (SSSR count). The number of rotatable bonds is 4. The van der Waals surface area contributed by atoms with Gasteiger partial charge in [0.2, 0.25) is 5.91 Å². The Kier molecular flexibility index (Phi) is 6.98. The molecule has 6 nitrogen and oxygen atoms in total. The van der Waals surface area contributed by atoms with Crippen molar-refractivity contribution in [2.75, 3.05) is 19.6 Å². The maximum Gasteiger partial charge on any atom is 0.219 e. The first-order valence-corrected chi connectivity index (χ1v) is 13.4. The van der Waals surface area contributed by atoms with E-state index in [2.05, 4.69) is 11.4 Å². The van der Waals surface area contributed by atoms with Crippen LogP contribution in [0.15, 0.2) is 42.5 Å². The fourth-order valence-electron chi connectivity index (χ4n) is 5.28. The van der Waals surface area contributed by atoms with Gasteiger partial charge in [0.15, 0.2) is 9.84 Å². The Hall–Kier alpha value is -2.83. The SMILES string of the molecule is CC(=O)N1CCC(C#N)(c2cc(F)c(CC3[C@H](C)NC[C@@H](c4ccccc4)S3(=O)=O)cc2F)CC1. The first-order chi connectivity index (χ1) is 16.6. The molecule has 2 aromatic rings. The summed E-state index contributed by atoms with van der Waals surface area (Å²) in [5.41, 5.74) is -0.646. The van der Waals surface area contributed by atoms with E-state index in [0.29, 0.717) is 5.56 Å². The minimum atomic E-state index is -3.70. The van der Waals surface area contributed by atoms with Crippen LogP contribution < -0.4 is 5.32 Å². The third kappa shape index (κ3) is 4.69. The summed E-state index contributed by atoms with van der Waals surface area (Å²) in [5.74, 6) is -1.58. The van der Waals surface area contributed by atoms with Crippen LogP contribution in [0.25, 0.3) is 0 Å². The van der Waals surface area contributed by atoms with Crippen molar-refractivity contribution in [2.45, 2.75) is 55.1 Å². The van der Waals surface area contributed by atoms with Crippen molar-refractivity contribution in [1.82, 2.24) is 10.2 Å². The molecule has 0 aromatic heterocycles. The second kappa shape index (κ2) is 9.67. The van der Waals surface area contributed by atoms with Crippen LogP contribution in [0.5, 0.6) is 0 Å². The van der Waals surface area contributed by atoms with Gasteiger partial charge in [0, 0.05) is 38.2 Å². The van der Waals surface area contributed by atoms with E-state index < -0.39 is 43.4 Å². The average molecular weight is 502 g/mol. The third-order valence-corrected chi connectivity index (χ3v) is 10.2. The number of amides is 1. The van der Waals surface area contributed by atoms with Crippen molar-refractivity contribution in [1.29, 1.82) is 5.26 Å². The zero-order valence-electron chi connectivity index (χ0n) is 19.8. The Morgan fingerprint density at radius 1 is 1.17 bits per heavy atom. The topological polar surface area (TPSA) is 90.3 Å². The standard InChI is InChI=1S/C26H29F2N3O3S/c1-17-24(35(33,34)25(15-30-17)19-6-4-3-5-7-19)13-20-12-23(28)21(14-22(20)27)26(16-29)8-10-31(11-9-26)18(2)32/h3-7,12,14,17,24-25,30H,8-11,13,15H2,1-2H3/t17-,24?,25-/m0/s1. The van der Waals surface area contributed by atoms with Gasteiger partial charge in [-0.05, 0) is 49.4 Å². The van der Waals surface area contributed by atoms with Crippen molar-refractivity contribution in [3.63, 3.8) is 0 Å². The number of hydrogen-bond acceptors (Lipinski definition) is 5. The molecular formula is C26H29F2N3O3S. The molecule has 0 spiro atoms. The number of sulfone groups is 1. The number of hydrogen-bond donors (Lipinski definition) is 1. The molecule has 2 aromatic carbocycles. The Balaban J connectivity index is 1.62. The Morgan fingerprint density at radius 2 is 1.83 bits per heavy atom. The van der Waals surface area contributed by atoms with E-state index in [1.54, 1.807) is 36.1 Å². The molecule has 2 fully saturated rings. The molecule has 2 aliphatic heterocycles. The number of likely N-dealkylation sites (tertiary alicyclic amines) is 1. The van der Waals surface area contributed by atoms with Gasteiger partial charge in [-0.15, -0.1) is 0 Å². The molecule has 2 heterocycles. The van der Waals surface area contributed by atoms with Gasteiger partial charge in [-0.1, -0.05) is 30.3 Å². The molecule has 3 atom stereocenters. The average Bonchev–Trinajstić information content (AvgIpc) is 2.84. The highest BCUT2D eigenvalue weighted by Gasteiger charge is 2.44. The summed E-state index contributed by atoms with van der Waals surface area (Å²) in [5, 5.41) is 11.4. The summed E-state index contributed by atoms with van der Waals surface area (Å²) < 4.78 is 57.6. The summed E-state index contributed by atoms with van der Waals surface area (Å²) in [6, 6.07) is 12.7. The van der Waals surface area contributed by atoms with E-state index in [0.717, 1.165) is 12.1 Å². The first kappa shape index (κ1) is 25.3. The molecule has 2 aliphatic rings. The zero-order valence-corrected chi connectivity index (χ0v) is 20.6. The molecule has 0 radical (unpaired) electrons. The monoisotopic (exact) mass is 501 g/mol. The van der Waals surface area contributed by atoms with Gasteiger partial charge in [-0.25, -0.2) is 17.2 Å². The highest BCUT2D eigenvalue weighted by molar-refractivity contribution is 7.92. The largest absolute Gasteiger partial charge is 0.343 e. The Labute approximate surface area is 204 Å². The van der Waals surface area contributed by atoms with E-state index in [9.17, 15) is 18.5 Å². The van der Waals surface area contributed by atoms with Gasteiger partial charge < -0.3 is 10.2 Å². The number of carbonyl (C=O) groups excluding carboxylic acids is 1. The van der Waals surface area contributed by atoms with Crippen LogP contribution in [0.2, 0.25) is 0 Å².